The number of nitrogens with one attached hydrogen (secondary N) is 2. The molecule has 30 heavy (non-hydrogen) atoms. The largest absolute Gasteiger partial charge is 0.474 e. The molecule has 0 spiro atoms. The van der Waals surface area contributed by atoms with E-state index in [4.69, 9.17) is 14.5 Å². The van der Waals surface area contributed by atoms with Crippen molar-refractivity contribution in [3.05, 3.63) is 24.1 Å². The number of fused-ring (bicyclic) bond motifs is 1. The number of pyridine rings is 1. The second kappa shape index (κ2) is 8.11. The van der Waals surface area contributed by atoms with E-state index in [0.29, 0.717) is 6.54 Å². The third-order valence-corrected chi connectivity index (χ3v) is 4.35. The van der Waals surface area contributed by atoms with Gasteiger partial charge in [0.2, 0.25) is 5.95 Å². The van der Waals surface area contributed by atoms with Gasteiger partial charge >= 0.3 is 7.82 Å². The van der Waals surface area contributed by atoms with Gasteiger partial charge in [0.1, 0.15) is 12.5 Å². The molecule has 4 N–H and O–H groups in total. The van der Waals surface area contributed by atoms with Crippen molar-refractivity contribution >= 4 is 37.1 Å². The summed E-state index contributed by atoms with van der Waals surface area (Å²) in [6.07, 6.45) is 0.987. The van der Waals surface area contributed by atoms with Crippen molar-refractivity contribution in [2.75, 3.05) is 28.8 Å². The normalized spacial score (nSPS) is 15.4. The monoisotopic (exact) mass is 442 g/mol. The highest BCUT2D eigenvalue weighted by molar-refractivity contribution is 7.46. The molecular weight excluding hydrogens is 422 g/mol. The lowest BCUT2D eigenvalue weighted by Crippen LogP contribution is -2.53. The number of halogens is 1. The number of aromatic nitrogens is 3. The number of carbonyl (C=O) groups excluding carboxylic acids is 1. The third-order valence-electron chi connectivity index (χ3n) is 3.90. The van der Waals surface area contributed by atoms with Gasteiger partial charge in [-0.1, -0.05) is 0 Å². The number of anilines is 4. The zero-order valence-corrected chi connectivity index (χ0v) is 17.2. The number of phosphoric ester groups is 1. The first-order chi connectivity index (χ1) is 14.0. The van der Waals surface area contributed by atoms with Crippen LogP contribution in [0.15, 0.2) is 18.3 Å². The fourth-order valence-electron chi connectivity index (χ4n) is 2.59. The van der Waals surface area contributed by atoms with Crippen LogP contribution >= 0.6 is 7.82 Å². The van der Waals surface area contributed by atoms with Crippen LogP contribution in [0.1, 0.15) is 20.8 Å². The van der Waals surface area contributed by atoms with Gasteiger partial charge in [-0.25, -0.2) is 18.9 Å². The van der Waals surface area contributed by atoms with Crippen LogP contribution in [-0.2, 0) is 13.9 Å². The molecule has 3 rings (SSSR count). The van der Waals surface area contributed by atoms with Gasteiger partial charge in [-0.3, -0.25) is 14.2 Å². The number of phosphoric acid groups is 1. The summed E-state index contributed by atoms with van der Waals surface area (Å²) >= 11 is 0. The minimum absolute atomic E-state index is 0.0563. The van der Waals surface area contributed by atoms with Crippen molar-refractivity contribution < 1.29 is 32.8 Å². The molecule has 0 saturated carbocycles. The standard InChI is InChI=1S/C16H20FN6O6P/c1-4-18-15-19-7-9(17)12(22-15)20-11-6-5-10-13(21-11)23(8-28-30(25,26)27)14(24)16(2,3)29-10/h5-7H,4,8H2,1-3H3,(H2,25,26,27)(H2,18,19,20,21,22). The minimum atomic E-state index is -4.85. The highest BCUT2D eigenvalue weighted by Crippen LogP contribution is 2.41. The van der Waals surface area contributed by atoms with Crippen molar-refractivity contribution in [2.24, 2.45) is 0 Å². The lowest BCUT2D eigenvalue weighted by atomic mass is 10.1. The number of hydrogen-bond acceptors (Lipinski definition) is 9. The summed E-state index contributed by atoms with van der Waals surface area (Å²) in [7, 11) is -4.85. The molecule has 1 amide bonds. The molecule has 0 atom stereocenters. The Balaban J connectivity index is 1.94. The van der Waals surface area contributed by atoms with Crippen LogP contribution in [-0.4, -0.2) is 49.5 Å². The van der Waals surface area contributed by atoms with Crippen molar-refractivity contribution in [1.29, 1.82) is 0 Å². The summed E-state index contributed by atoms with van der Waals surface area (Å²) in [5.41, 5.74) is -1.32. The highest BCUT2D eigenvalue weighted by Gasteiger charge is 2.42. The first kappa shape index (κ1) is 21.8. The molecule has 0 fully saturated rings. The Bertz CT molecular complexity index is 1020. The van der Waals surface area contributed by atoms with Crippen molar-refractivity contribution in [2.45, 2.75) is 26.4 Å². The van der Waals surface area contributed by atoms with E-state index in [0.717, 1.165) is 11.1 Å². The highest BCUT2D eigenvalue weighted by atomic mass is 31.2. The molecule has 162 valence electrons. The molecule has 12 nitrogen and oxygen atoms in total. The van der Waals surface area contributed by atoms with E-state index < -0.39 is 31.9 Å². The van der Waals surface area contributed by atoms with Crippen LogP contribution in [0.2, 0.25) is 0 Å². The van der Waals surface area contributed by atoms with Crippen LogP contribution in [0.4, 0.5) is 27.8 Å². The third kappa shape index (κ3) is 4.82. The first-order valence-corrected chi connectivity index (χ1v) is 10.3. The van der Waals surface area contributed by atoms with E-state index in [1.165, 1.54) is 26.0 Å². The number of hydrogen-bond donors (Lipinski definition) is 4. The molecule has 0 saturated heterocycles. The van der Waals surface area contributed by atoms with Gasteiger partial charge in [-0.05, 0) is 32.9 Å². The molecule has 0 aromatic carbocycles. The summed E-state index contributed by atoms with van der Waals surface area (Å²) in [4.78, 5) is 43.6. The van der Waals surface area contributed by atoms with Crippen LogP contribution < -0.4 is 20.3 Å². The first-order valence-electron chi connectivity index (χ1n) is 8.75. The van der Waals surface area contributed by atoms with Gasteiger partial charge in [0, 0.05) is 6.54 Å². The smallest absolute Gasteiger partial charge is 0.471 e. The summed E-state index contributed by atoms with van der Waals surface area (Å²) < 4.78 is 35.3. The maximum absolute atomic E-state index is 14.1. The lowest BCUT2D eigenvalue weighted by Gasteiger charge is -2.37. The zero-order chi connectivity index (χ0) is 22.1. The topological polar surface area (TPSA) is 159 Å². The second-order valence-electron chi connectivity index (χ2n) is 6.66. The van der Waals surface area contributed by atoms with E-state index in [-0.39, 0.29) is 29.2 Å². The Morgan fingerprint density at radius 2 is 2.07 bits per heavy atom. The fourth-order valence-corrected chi connectivity index (χ4v) is 2.86. The molecule has 2 aromatic heterocycles. The SMILES string of the molecule is CCNc1ncc(F)c(Nc2ccc3c(n2)N(COP(=O)(O)O)C(=O)C(C)(C)O3)n1. The van der Waals surface area contributed by atoms with Crippen LogP contribution in [0, 0.1) is 5.82 Å². The van der Waals surface area contributed by atoms with E-state index in [9.17, 15) is 13.8 Å². The molecule has 0 unspecified atom stereocenters. The minimum Gasteiger partial charge on any atom is -0.474 e. The molecule has 1 aliphatic heterocycles. The summed E-state index contributed by atoms with van der Waals surface area (Å²) in [6.45, 7) is 4.59. The van der Waals surface area contributed by atoms with Gasteiger partial charge in [0.15, 0.2) is 28.8 Å². The molecule has 14 heteroatoms. The average molecular weight is 442 g/mol. The molecule has 0 radical (unpaired) electrons. The average Bonchev–Trinajstić information content (AvgIpc) is 2.64. The predicted octanol–water partition coefficient (Wildman–Crippen LogP) is 1.76. The van der Waals surface area contributed by atoms with Crippen LogP contribution in [0.5, 0.6) is 5.75 Å². The zero-order valence-electron chi connectivity index (χ0n) is 16.3. The van der Waals surface area contributed by atoms with Crippen molar-refractivity contribution in [3.8, 4) is 5.75 Å². The van der Waals surface area contributed by atoms with E-state index >= 15 is 0 Å². The summed E-state index contributed by atoms with van der Waals surface area (Å²) in [5, 5.41) is 5.54. The van der Waals surface area contributed by atoms with Crippen molar-refractivity contribution in [3.63, 3.8) is 0 Å². The molecule has 3 heterocycles. The van der Waals surface area contributed by atoms with E-state index in [2.05, 4.69) is 30.1 Å². The second-order valence-corrected chi connectivity index (χ2v) is 7.90. The Morgan fingerprint density at radius 3 is 2.73 bits per heavy atom. The van der Waals surface area contributed by atoms with Gasteiger partial charge in [-0.15, -0.1) is 0 Å². The Kier molecular flexibility index (Phi) is 5.90. The van der Waals surface area contributed by atoms with Gasteiger partial charge in [-0.2, -0.15) is 4.98 Å². The number of rotatable bonds is 7. The summed E-state index contributed by atoms with van der Waals surface area (Å²) in [6, 6.07) is 2.95. The molecular formula is C16H20FN6O6P. The lowest BCUT2D eigenvalue weighted by molar-refractivity contribution is -0.133. The Hall–Kier alpha value is -2.86. The number of nitrogens with zero attached hydrogens (tertiary/aromatic N) is 4. The van der Waals surface area contributed by atoms with Crippen molar-refractivity contribution in [1.82, 2.24) is 15.0 Å². The van der Waals surface area contributed by atoms with Gasteiger partial charge in [0.05, 0.1) is 6.20 Å². The van der Waals surface area contributed by atoms with E-state index in [1.807, 2.05) is 6.92 Å². The molecule has 1 aliphatic rings. The number of ether oxygens (including phenoxy) is 1. The maximum Gasteiger partial charge on any atom is 0.471 e. The Morgan fingerprint density at radius 1 is 1.33 bits per heavy atom. The summed E-state index contributed by atoms with van der Waals surface area (Å²) in [5.74, 6) is -1.09. The molecule has 0 aliphatic carbocycles. The van der Waals surface area contributed by atoms with E-state index in [1.54, 1.807) is 0 Å². The van der Waals surface area contributed by atoms with Gasteiger partial charge in [0.25, 0.3) is 5.91 Å². The molecule has 2 aromatic rings. The fraction of sp³-hybridized carbons (Fsp3) is 0.375. The van der Waals surface area contributed by atoms with Gasteiger partial charge < -0.3 is 25.2 Å². The molecule has 0 bridgehead atoms. The number of carbonyl (C=O) groups is 1. The number of amides is 1. The van der Waals surface area contributed by atoms with Crippen LogP contribution in [0.3, 0.4) is 0 Å². The Labute approximate surface area is 170 Å². The maximum atomic E-state index is 14.1. The quantitative estimate of drug-likeness (QED) is 0.463. The predicted molar refractivity (Wildman–Crippen MR) is 104 cm³/mol. The van der Waals surface area contributed by atoms with Crippen LogP contribution in [0.25, 0.3) is 0 Å².